The van der Waals surface area contributed by atoms with Gasteiger partial charge in [-0.3, -0.25) is 9.59 Å². The van der Waals surface area contributed by atoms with Crippen LogP contribution in [0.4, 0.5) is 0 Å². The summed E-state index contributed by atoms with van der Waals surface area (Å²) in [6, 6.07) is -0.330. The molecule has 1 N–H and O–H groups in total. The molecule has 84 valence electrons. The molecule has 2 fully saturated rings. The third kappa shape index (κ3) is 1.34. The standard InChI is InChI=1S/C11H18N2O2/c1-7(2)8-9(14)13-6-4-5-11(13,3)10(15)12-8/h7-8H,4-6H2,1-3H3,(H,12,15)/t8-,11+/m1/s1. The van der Waals surface area contributed by atoms with Crippen molar-refractivity contribution in [2.75, 3.05) is 6.54 Å². The van der Waals surface area contributed by atoms with Gasteiger partial charge in [0.25, 0.3) is 0 Å². The van der Waals surface area contributed by atoms with E-state index in [-0.39, 0.29) is 23.8 Å². The number of nitrogens with zero attached hydrogens (tertiary/aromatic N) is 1. The van der Waals surface area contributed by atoms with Crippen molar-refractivity contribution in [1.29, 1.82) is 0 Å². The number of hydrogen-bond donors (Lipinski definition) is 1. The highest BCUT2D eigenvalue weighted by molar-refractivity contribution is 6.00. The molecule has 2 amide bonds. The van der Waals surface area contributed by atoms with Crippen LogP contribution in [0.1, 0.15) is 33.6 Å². The van der Waals surface area contributed by atoms with Crippen molar-refractivity contribution in [2.45, 2.75) is 45.2 Å². The van der Waals surface area contributed by atoms with Crippen molar-refractivity contribution in [3.63, 3.8) is 0 Å². The van der Waals surface area contributed by atoms with Crippen LogP contribution in [0.2, 0.25) is 0 Å². The highest BCUT2D eigenvalue weighted by atomic mass is 16.2. The molecule has 2 heterocycles. The molecule has 4 heteroatoms. The highest BCUT2D eigenvalue weighted by Crippen LogP contribution is 2.33. The number of nitrogens with one attached hydrogen (secondary N) is 1. The van der Waals surface area contributed by atoms with Gasteiger partial charge in [0.15, 0.2) is 0 Å². The first-order valence-electron chi connectivity index (χ1n) is 5.59. The van der Waals surface area contributed by atoms with E-state index in [2.05, 4.69) is 5.32 Å². The maximum Gasteiger partial charge on any atom is 0.246 e. The molecule has 0 unspecified atom stereocenters. The lowest BCUT2D eigenvalue weighted by molar-refractivity contribution is -0.154. The SMILES string of the molecule is CC(C)[C@H]1NC(=O)[C@]2(C)CCCN2C1=O. The second-order valence-electron chi connectivity index (χ2n) is 5.06. The zero-order chi connectivity index (χ0) is 11.2. The minimum atomic E-state index is -0.581. The summed E-state index contributed by atoms with van der Waals surface area (Å²) in [5, 5.41) is 2.85. The maximum absolute atomic E-state index is 12.1. The molecule has 2 atom stereocenters. The van der Waals surface area contributed by atoms with Crippen LogP contribution in [0.5, 0.6) is 0 Å². The summed E-state index contributed by atoms with van der Waals surface area (Å²) < 4.78 is 0. The molecule has 0 aromatic carbocycles. The van der Waals surface area contributed by atoms with Gasteiger partial charge in [-0.15, -0.1) is 0 Å². The smallest absolute Gasteiger partial charge is 0.246 e. The van der Waals surface area contributed by atoms with Crippen LogP contribution >= 0.6 is 0 Å². The van der Waals surface area contributed by atoms with Crippen LogP contribution in [-0.4, -0.2) is 34.8 Å². The molecule has 2 rings (SSSR count). The van der Waals surface area contributed by atoms with Crippen molar-refractivity contribution in [2.24, 2.45) is 5.92 Å². The Kier molecular flexibility index (Phi) is 2.24. The molecule has 2 aliphatic heterocycles. The monoisotopic (exact) mass is 210 g/mol. The Balaban J connectivity index is 2.30. The van der Waals surface area contributed by atoms with Gasteiger partial charge < -0.3 is 10.2 Å². The number of fused-ring (bicyclic) bond motifs is 1. The van der Waals surface area contributed by atoms with E-state index in [1.54, 1.807) is 4.90 Å². The lowest BCUT2D eigenvalue weighted by atomic mass is 9.90. The minimum Gasteiger partial charge on any atom is -0.342 e. The summed E-state index contributed by atoms with van der Waals surface area (Å²) >= 11 is 0. The minimum absolute atomic E-state index is 0.0123. The molecular formula is C11H18N2O2. The predicted octanol–water partition coefficient (Wildman–Crippen LogP) is 0.522. The summed E-state index contributed by atoms with van der Waals surface area (Å²) in [4.78, 5) is 25.8. The van der Waals surface area contributed by atoms with Crippen molar-refractivity contribution in [3.8, 4) is 0 Å². The lowest BCUT2D eigenvalue weighted by Gasteiger charge is -2.42. The van der Waals surface area contributed by atoms with E-state index in [1.165, 1.54) is 0 Å². The van der Waals surface area contributed by atoms with Crippen LogP contribution in [0.3, 0.4) is 0 Å². The maximum atomic E-state index is 12.1. The Morgan fingerprint density at radius 2 is 2.13 bits per heavy atom. The van der Waals surface area contributed by atoms with Crippen LogP contribution < -0.4 is 5.32 Å². The summed E-state index contributed by atoms with van der Waals surface area (Å²) in [5.41, 5.74) is -0.581. The Bertz CT molecular complexity index is 314. The summed E-state index contributed by atoms with van der Waals surface area (Å²) in [6.45, 7) is 6.51. The molecule has 15 heavy (non-hydrogen) atoms. The first-order chi connectivity index (χ1) is 6.97. The van der Waals surface area contributed by atoms with Gasteiger partial charge in [-0.05, 0) is 25.7 Å². The first kappa shape index (κ1) is 10.5. The third-order valence-corrected chi connectivity index (χ3v) is 3.62. The average Bonchev–Trinajstić information content (AvgIpc) is 2.55. The fraction of sp³-hybridized carbons (Fsp3) is 0.818. The Morgan fingerprint density at radius 1 is 1.47 bits per heavy atom. The Morgan fingerprint density at radius 3 is 2.73 bits per heavy atom. The molecule has 0 aromatic heterocycles. The van der Waals surface area contributed by atoms with E-state index in [1.807, 2.05) is 20.8 Å². The second kappa shape index (κ2) is 3.22. The van der Waals surface area contributed by atoms with E-state index in [4.69, 9.17) is 0 Å². The van der Waals surface area contributed by atoms with Gasteiger partial charge in [0.2, 0.25) is 11.8 Å². The molecule has 2 saturated heterocycles. The van der Waals surface area contributed by atoms with Gasteiger partial charge in [-0.1, -0.05) is 13.8 Å². The van der Waals surface area contributed by atoms with Crippen LogP contribution in [0, 0.1) is 5.92 Å². The molecule has 4 nitrogen and oxygen atoms in total. The molecule has 2 aliphatic rings. The molecule has 0 bridgehead atoms. The fourth-order valence-electron chi connectivity index (χ4n) is 2.53. The topological polar surface area (TPSA) is 49.4 Å². The average molecular weight is 210 g/mol. The van der Waals surface area contributed by atoms with Crippen LogP contribution in [0.25, 0.3) is 0 Å². The Hall–Kier alpha value is -1.06. The van der Waals surface area contributed by atoms with Gasteiger partial charge >= 0.3 is 0 Å². The second-order valence-corrected chi connectivity index (χ2v) is 5.06. The number of amides is 2. The fourth-order valence-corrected chi connectivity index (χ4v) is 2.53. The van der Waals surface area contributed by atoms with Crippen LogP contribution in [-0.2, 0) is 9.59 Å². The quantitative estimate of drug-likeness (QED) is 0.686. The Labute approximate surface area is 90.0 Å². The van der Waals surface area contributed by atoms with Gasteiger partial charge in [0, 0.05) is 6.54 Å². The molecule has 0 saturated carbocycles. The zero-order valence-electron chi connectivity index (χ0n) is 9.54. The number of carbonyl (C=O) groups is 2. The predicted molar refractivity (Wildman–Crippen MR) is 56.1 cm³/mol. The first-order valence-corrected chi connectivity index (χ1v) is 5.59. The van der Waals surface area contributed by atoms with Gasteiger partial charge in [-0.2, -0.15) is 0 Å². The van der Waals surface area contributed by atoms with E-state index >= 15 is 0 Å². The van der Waals surface area contributed by atoms with E-state index in [0.717, 1.165) is 19.4 Å². The molecule has 0 aromatic rings. The van der Waals surface area contributed by atoms with Crippen molar-refractivity contribution < 1.29 is 9.59 Å². The molecule has 0 spiro atoms. The number of rotatable bonds is 1. The summed E-state index contributed by atoms with van der Waals surface area (Å²) in [5.74, 6) is 0.259. The highest BCUT2D eigenvalue weighted by Gasteiger charge is 2.52. The zero-order valence-corrected chi connectivity index (χ0v) is 9.54. The van der Waals surface area contributed by atoms with Crippen LogP contribution in [0.15, 0.2) is 0 Å². The lowest BCUT2D eigenvalue weighted by Crippen LogP contribution is -2.68. The normalized spacial score (nSPS) is 35.7. The number of hydrogen-bond acceptors (Lipinski definition) is 2. The molecular weight excluding hydrogens is 192 g/mol. The van der Waals surface area contributed by atoms with Gasteiger partial charge in [0.1, 0.15) is 11.6 Å². The van der Waals surface area contributed by atoms with Gasteiger partial charge in [-0.25, -0.2) is 0 Å². The third-order valence-electron chi connectivity index (χ3n) is 3.62. The summed E-state index contributed by atoms with van der Waals surface area (Å²) in [7, 11) is 0. The van der Waals surface area contributed by atoms with Gasteiger partial charge in [0.05, 0.1) is 0 Å². The van der Waals surface area contributed by atoms with E-state index in [9.17, 15) is 9.59 Å². The molecule has 0 radical (unpaired) electrons. The number of carbonyl (C=O) groups excluding carboxylic acids is 2. The largest absolute Gasteiger partial charge is 0.342 e. The van der Waals surface area contributed by atoms with E-state index in [0.29, 0.717) is 0 Å². The number of piperazine rings is 1. The van der Waals surface area contributed by atoms with Crippen molar-refractivity contribution in [3.05, 3.63) is 0 Å². The summed E-state index contributed by atoms with van der Waals surface area (Å²) in [6.07, 6.45) is 1.72. The van der Waals surface area contributed by atoms with Crippen molar-refractivity contribution in [1.82, 2.24) is 10.2 Å². The molecule has 0 aliphatic carbocycles. The van der Waals surface area contributed by atoms with Crippen molar-refractivity contribution >= 4 is 11.8 Å². The van der Waals surface area contributed by atoms with E-state index < -0.39 is 5.54 Å².